The average molecular weight is 298 g/mol. The summed E-state index contributed by atoms with van der Waals surface area (Å²) in [7, 11) is 1.60. The molecule has 0 atom stereocenters. The summed E-state index contributed by atoms with van der Waals surface area (Å²) in [4.78, 5) is 0. The van der Waals surface area contributed by atoms with E-state index in [0.29, 0.717) is 10.8 Å². The Hall–Kier alpha value is -2.79. The molecule has 0 fully saturated rings. The lowest BCUT2D eigenvalue weighted by atomic mass is 10.1. The van der Waals surface area contributed by atoms with Crippen molar-refractivity contribution in [1.82, 2.24) is 25.2 Å². The highest BCUT2D eigenvalue weighted by molar-refractivity contribution is 7.13. The van der Waals surface area contributed by atoms with Gasteiger partial charge in [-0.1, -0.05) is 16.6 Å². The monoisotopic (exact) mass is 298 g/mol. The molecule has 0 aliphatic heterocycles. The number of hydrogen-bond donors (Lipinski definition) is 0. The van der Waals surface area contributed by atoms with Gasteiger partial charge in [-0.05, 0) is 31.2 Å². The number of rotatable bonds is 3. The van der Waals surface area contributed by atoms with E-state index in [0.717, 1.165) is 16.3 Å². The molecule has 0 saturated heterocycles. The molecule has 2 heterocycles. The van der Waals surface area contributed by atoms with Crippen LogP contribution >= 0.6 is 11.3 Å². The number of methoxy groups -OCH3 is 1. The molecule has 3 rings (SSSR count). The van der Waals surface area contributed by atoms with E-state index in [1.54, 1.807) is 7.11 Å². The third-order valence-electron chi connectivity index (χ3n) is 2.84. The molecule has 0 N–H and O–H groups in total. The van der Waals surface area contributed by atoms with Gasteiger partial charge < -0.3 is 4.74 Å². The van der Waals surface area contributed by atoms with E-state index < -0.39 is 0 Å². The van der Waals surface area contributed by atoms with Gasteiger partial charge in [0.25, 0.3) is 0 Å². The van der Waals surface area contributed by atoms with Crippen LogP contribution in [-0.2, 0) is 0 Å². The topological polar surface area (TPSA) is 89.5 Å². The van der Waals surface area contributed by atoms with Crippen molar-refractivity contribution in [2.75, 3.05) is 7.11 Å². The molecule has 0 bridgehead atoms. The van der Waals surface area contributed by atoms with Crippen molar-refractivity contribution >= 4 is 11.3 Å². The molecule has 0 saturated carbocycles. The quantitative estimate of drug-likeness (QED) is 0.734. The van der Waals surface area contributed by atoms with Crippen LogP contribution in [0.4, 0.5) is 0 Å². The number of aryl methyl sites for hydroxylation is 1. The fourth-order valence-corrected chi connectivity index (χ4v) is 2.51. The number of nitrogens with zero attached hydrogens (tertiary/aromatic N) is 6. The highest BCUT2D eigenvalue weighted by Crippen LogP contribution is 2.27. The Bertz CT molecular complexity index is 814. The summed E-state index contributed by atoms with van der Waals surface area (Å²) in [5, 5.41) is 26.5. The van der Waals surface area contributed by atoms with E-state index in [1.165, 1.54) is 16.0 Å². The zero-order chi connectivity index (χ0) is 14.8. The van der Waals surface area contributed by atoms with Crippen molar-refractivity contribution in [2.24, 2.45) is 0 Å². The van der Waals surface area contributed by atoms with Crippen LogP contribution in [0.25, 0.3) is 16.4 Å². The van der Waals surface area contributed by atoms with E-state index in [4.69, 9.17) is 4.74 Å². The van der Waals surface area contributed by atoms with Gasteiger partial charge in [0.2, 0.25) is 5.13 Å². The molecular formula is C13H10N6OS. The van der Waals surface area contributed by atoms with Crippen LogP contribution in [0.2, 0.25) is 0 Å². The maximum atomic E-state index is 9.22. The van der Waals surface area contributed by atoms with Gasteiger partial charge in [-0.2, -0.15) is 9.94 Å². The fourth-order valence-electron chi connectivity index (χ4n) is 1.87. The highest BCUT2D eigenvalue weighted by Gasteiger charge is 2.18. The molecule has 0 amide bonds. The van der Waals surface area contributed by atoms with Gasteiger partial charge in [0.15, 0.2) is 5.69 Å². The number of benzene rings is 1. The Balaban J connectivity index is 2.15. The standard InChI is InChI=1S/C13H10N6OS/c1-8-15-17-13(21-8)19-12(11(7-14)16-18-19)9-3-5-10(20-2)6-4-9/h3-6H,1-2H3. The Morgan fingerprint density at radius 2 is 1.95 bits per heavy atom. The number of ether oxygens (including phenoxy) is 1. The summed E-state index contributed by atoms with van der Waals surface area (Å²) in [6.07, 6.45) is 0. The number of hydrogen-bond acceptors (Lipinski definition) is 7. The van der Waals surface area contributed by atoms with Crippen molar-refractivity contribution in [3.63, 3.8) is 0 Å². The molecule has 0 aliphatic rings. The van der Waals surface area contributed by atoms with E-state index >= 15 is 0 Å². The third-order valence-corrected chi connectivity index (χ3v) is 3.65. The van der Waals surface area contributed by atoms with Crippen molar-refractivity contribution in [1.29, 1.82) is 5.26 Å². The van der Waals surface area contributed by atoms with Gasteiger partial charge in [0.05, 0.1) is 7.11 Å². The summed E-state index contributed by atoms with van der Waals surface area (Å²) in [5.74, 6) is 0.739. The van der Waals surface area contributed by atoms with Gasteiger partial charge in [0, 0.05) is 5.56 Å². The summed E-state index contributed by atoms with van der Waals surface area (Å²) in [6.45, 7) is 1.86. The predicted octanol–water partition coefficient (Wildman–Crippen LogP) is 1.97. The molecule has 0 aliphatic carbocycles. The van der Waals surface area contributed by atoms with Crippen LogP contribution in [0.15, 0.2) is 24.3 Å². The Labute approximate surface area is 124 Å². The van der Waals surface area contributed by atoms with Crippen LogP contribution in [0, 0.1) is 18.3 Å². The number of aromatic nitrogens is 5. The predicted molar refractivity (Wildman–Crippen MR) is 76.3 cm³/mol. The third kappa shape index (κ3) is 2.34. The van der Waals surface area contributed by atoms with E-state index in [2.05, 4.69) is 26.6 Å². The zero-order valence-corrected chi connectivity index (χ0v) is 12.1. The molecule has 1 aromatic carbocycles. The Morgan fingerprint density at radius 3 is 2.52 bits per heavy atom. The molecule has 0 spiro atoms. The average Bonchev–Trinajstić information content (AvgIpc) is 3.13. The molecule has 8 heteroatoms. The summed E-state index contributed by atoms with van der Waals surface area (Å²) < 4.78 is 6.67. The van der Waals surface area contributed by atoms with Crippen LogP contribution in [0.5, 0.6) is 5.75 Å². The van der Waals surface area contributed by atoms with E-state index in [1.807, 2.05) is 31.2 Å². The molecule has 2 aromatic heterocycles. The van der Waals surface area contributed by atoms with Crippen LogP contribution < -0.4 is 4.74 Å². The zero-order valence-electron chi connectivity index (χ0n) is 11.3. The van der Waals surface area contributed by atoms with Gasteiger partial charge >= 0.3 is 0 Å². The SMILES string of the molecule is COc1ccc(-c2c(C#N)nnn2-c2nnc(C)s2)cc1. The van der Waals surface area contributed by atoms with Gasteiger partial charge in [-0.15, -0.1) is 15.3 Å². The fraction of sp³-hybridized carbons (Fsp3) is 0.154. The Kier molecular flexibility index (Phi) is 3.33. The lowest BCUT2D eigenvalue weighted by Crippen LogP contribution is -1.99. The van der Waals surface area contributed by atoms with E-state index in [9.17, 15) is 5.26 Å². The van der Waals surface area contributed by atoms with Gasteiger partial charge in [-0.25, -0.2) is 0 Å². The number of nitriles is 1. The summed E-state index contributed by atoms with van der Waals surface area (Å²) in [6, 6.07) is 9.39. The maximum Gasteiger partial charge on any atom is 0.234 e. The lowest BCUT2D eigenvalue weighted by molar-refractivity contribution is 0.415. The van der Waals surface area contributed by atoms with Crippen LogP contribution in [0.3, 0.4) is 0 Å². The lowest BCUT2D eigenvalue weighted by Gasteiger charge is -2.04. The minimum atomic E-state index is 0.244. The summed E-state index contributed by atoms with van der Waals surface area (Å²) >= 11 is 1.39. The van der Waals surface area contributed by atoms with Crippen LogP contribution in [0.1, 0.15) is 10.7 Å². The molecular weight excluding hydrogens is 288 g/mol. The van der Waals surface area contributed by atoms with Crippen molar-refractivity contribution in [3.05, 3.63) is 35.0 Å². The molecule has 104 valence electrons. The molecule has 0 radical (unpaired) electrons. The van der Waals surface area contributed by atoms with E-state index in [-0.39, 0.29) is 5.69 Å². The first-order valence-corrected chi connectivity index (χ1v) is 6.85. The van der Waals surface area contributed by atoms with Gasteiger partial charge in [-0.3, -0.25) is 0 Å². The second-order valence-corrected chi connectivity index (χ2v) is 5.30. The summed E-state index contributed by atoms with van der Waals surface area (Å²) in [5.41, 5.74) is 1.65. The normalized spacial score (nSPS) is 10.3. The van der Waals surface area contributed by atoms with Crippen molar-refractivity contribution in [2.45, 2.75) is 6.92 Å². The molecule has 7 nitrogen and oxygen atoms in total. The second-order valence-electron chi connectivity index (χ2n) is 4.14. The first-order chi connectivity index (χ1) is 10.2. The Morgan fingerprint density at radius 1 is 1.19 bits per heavy atom. The minimum Gasteiger partial charge on any atom is -0.497 e. The minimum absolute atomic E-state index is 0.244. The van der Waals surface area contributed by atoms with Crippen molar-refractivity contribution < 1.29 is 4.74 Å². The second kappa shape index (κ2) is 5.30. The first kappa shape index (κ1) is 13.2. The largest absolute Gasteiger partial charge is 0.497 e. The van der Waals surface area contributed by atoms with Crippen molar-refractivity contribution in [3.8, 4) is 28.2 Å². The molecule has 0 unspecified atom stereocenters. The highest BCUT2D eigenvalue weighted by atomic mass is 32.1. The first-order valence-electron chi connectivity index (χ1n) is 6.03. The molecule has 3 aromatic rings. The van der Waals surface area contributed by atoms with Gasteiger partial charge in [0.1, 0.15) is 22.5 Å². The molecule has 21 heavy (non-hydrogen) atoms. The van der Waals surface area contributed by atoms with Crippen LogP contribution in [-0.4, -0.2) is 32.3 Å². The maximum absolute atomic E-state index is 9.22. The smallest absolute Gasteiger partial charge is 0.234 e.